The molecular formula is C13H16Cl3NO. The van der Waals surface area contributed by atoms with Crippen molar-refractivity contribution in [3.05, 3.63) is 33.8 Å². The van der Waals surface area contributed by atoms with Crippen molar-refractivity contribution < 1.29 is 4.79 Å². The van der Waals surface area contributed by atoms with E-state index in [4.69, 9.17) is 34.8 Å². The number of halogens is 3. The number of carbonyl (C=O) groups is 1. The Kier molecular flexibility index (Phi) is 7.48. The lowest BCUT2D eigenvalue weighted by molar-refractivity contribution is 0.0953. The highest BCUT2D eigenvalue weighted by molar-refractivity contribution is 6.43. The standard InChI is InChI=1S/C13H16Cl3NO/c14-8-3-1-2-4-9-17-13(18)10-6-5-7-11(15)12(10)16/h5-7H,1-4,8-9H2,(H,17,18). The molecule has 1 amide bonds. The molecule has 0 heterocycles. The molecule has 0 atom stereocenters. The average molecular weight is 309 g/mol. The van der Waals surface area contributed by atoms with Gasteiger partial charge in [-0.25, -0.2) is 0 Å². The van der Waals surface area contributed by atoms with Gasteiger partial charge in [-0.15, -0.1) is 11.6 Å². The summed E-state index contributed by atoms with van der Waals surface area (Å²) < 4.78 is 0. The van der Waals surface area contributed by atoms with Crippen LogP contribution in [0.2, 0.25) is 10.0 Å². The summed E-state index contributed by atoms with van der Waals surface area (Å²) in [5.41, 5.74) is 0.421. The number of unbranched alkanes of at least 4 members (excludes halogenated alkanes) is 3. The van der Waals surface area contributed by atoms with E-state index in [1.54, 1.807) is 18.2 Å². The lowest BCUT2D eigenvalue weighted by atomic mass is 10.2. The Labute approximate surface area is 123 Å². The lowest BCUT2D eigenvalue weighted by Gasteiger charge is -2.07. The van der Waals surface area contributed by atoms with Gasteiger partial charge in [-0.3, -0.25) is 4.79 Å². The van der Waals surface area contributed by atoms with Crippen molar-refractivity contribution in [2.75, 3.05) is 12.4 Å². The Morgan fingerprint density at radius 1 is 1.11 bits per heavy atom. The topological polar surface area (TPSA) is 29.1 Å². The summed E-state index contributed by atoms with van der Waals surface area (Å²) in [6.07, 6.45) is 4.13. The summed E-state index contributed by atoms with van der Waals surface area (Å²) in [6.45, 7) is 0.643. The molecule has 0 aliphatic rings. The van der Waals surface area contributed by atoms with Crippen molar-refractivity contribution >= 4 is 40.7 Å². The van der Waals surface area contributed by atoms with Crippen LogP contribution in [0.3, 0.4) is 0 Å². The number of carbonyl (C=O) groups excluding carboxylic acids is 1. The first-order valence-electron chi connectivity index (χ1n) is 5.95. The van der Waals surface area contributed by atoms with Crippen LogP contribution < -0.4 is 5.32 Å². The van der Waals surface area contributed by atoms with Crippen molar-refractivity contribution in [2.24, 2.45) is 0 Å². The maximum atomic E-state index is 11.8. The fourth-order valence-electron chi connectivity index (χ4n) is 1.55. The van der Waals surface area contributed by atoms with Crippen molar-refractivity contribution in [1.29, 1.82) is 0 Å². The van der Waals surface area contributed by atoms with Crippen LogP contribution in [-0.4, -0.2) is 18.3 Å². The molecule has 0 aromatic heterocycles. The van der Waals surface area contributed by atoms with E-state index >= 15 is 0 Å². The quantitative estimate of drug-likeness (QED) is 0.582. The minimum atomic E-state index is -0.181. The number of hydrogen-bond donors (Lipinski definition) is 1. The third kappa shape index (κ3) is 5.05. The molecule has 5 heteroatoms. The number of hydrogen-bond acceptors (Lipinski definition) is 1. The molecule has 1 N–H and O–H groups in total. The Morgan fingerprint density at radius 2 is 1.83 bits per heavy atom. The molecule has 0 radical (unpaired) electrons. The zero-order valence-corrected chi connectivity index (χ0v) is 12.3. The first-order chi connectivity index (χ1) is 8.66. The molecule has 0 saturated carbocycles. The van der Waals surface area contributed by atoms with Gasteiger partial charge in [0.15, 0.2) is 0 Å². The van der Waals surface area contributed by atoms with Crippen LogP contribution in [0, 0.1) is 0 Å². The third-order valence-corrected chi connectivity index (χ3v) is 3.63. The fraction of sp³-hybridized carbons (Fsp3) is 0.462. The second kappa shape index (κ2) is 8.63. The highest BCUT2D eigenvalue weighted by Crippen LogP contribution is 2.25. The van der Waals surface area contributed by atoms with Gasteiger partial charge in [0.2, 0.25) is 0 Å². The van der Waals surface area contributed by atoms with Gasteiger partial charge < -0.3 is 5.32 Å². The van der Waals surface area contributed by atoms with E-state index in [0.29, 0.717) is 28.0 Å². The molecule has 1 aromatic rings. The average Bonchev–Trinajstić information content (AvgIpc) is 2.36. The first kappa shape index (κ1) is 15.6. The minimum Gasteiger partial charge on any atom is -0.352 e. The number of amides is 1. The molecule has 1 aromatic carbocycles. The van der Waals surface area contributed by atoms with Crippen LogP contribution >= 0.6 is 34.8 Å². The summed E-state index contributed by atoms with van der Waals surface area (Å²) in [5, 5.41) is 3.53. The molecule has 0 bridgehead atoms. The Morgan fingerprint density at radius 3 is 2.56 bits per heavy atom. The summed E-state index contributed by atoms with van der Waals surface area (Å²) in [5.74, 6) is 0.518. The van der Waals surface area contributed by atoms with Crippen molar-refractivity contribution in [2.45, 2.75) is 25.7 Å². The number of alkyl halides is 1. The van der Waals surface area contributed by atoms with Crippen LogP contribution in [0.25, 0.3) is 0 Å². The Bertz CT molecular complexity index is 396. The predicted octanol–water partition coefficient (Wildman–Crippen LogP) is 4.52. The van der Waals surface area contributed by atoms with Gasteiger partial charge in [-0.2, -0.15) is 0 Å². The van der Waals surface area contributed by atoms with E-state index in [-0.39, 0.29) is 5.91 Å². The van der Waals surface area contributed by atoms with Gasteiger partial charge in [0.1, 0.15) is 0 Å². The van der Waals surface area contributed by atoms with Gasteiger partial charge in [-0.1, -0.05) is 42.1 Å². The van der Waals surface area contributed by atoms with Crippen LogP contribution in [0.5, 0.6) is 0 Å². The number of nitrogens with one attached hydrogen (secondary N) is 1. The summed E-state index contributed by atoms with van der Waals surface area (Å²) in [6, 6.07) is 5.04. The molecule has 1 rings (SSSR count). The normalized spacial score (nSPS) is 10.4. The highest BCUT2D eigenvalue weighted by atomic mass is 35.5. The molecule has 0 fully saturated rings. The molecule has 0 aliphatic heterocycles. The van der Waals surface area contributed by atoms with E-state index in [0.717, 1.165) is 25.7 Å². The summed E-state index contributed by atoms with van der Waals surface area (Å²) >= 11 is 17.4. The molecule has 0 spiro atoms. The Hall–Kier alpha value is -0.440. The molecule has 0 aliphatic carbocycles. The first-order valence-corrected chi connectivity index (χ1v) is 7.24. The molecule has 18 heavy (non-hydrogen) atoms. The van der Waals surface area contributed by atoms with E-state index in [1.807, 2.05) is 0 Å². The summed E-state index contributed by atoms with van der Waals surface area (Å²) in [7, 11) is 0. The van der Waals surface area contributed by atoms with Crippen molar-refractivity contribution in [3.63, 3.8) is 0 Å². The smallest absolute Gasteiger partial charge is 0.252 e. The van der Waals surface area contributed by atoms with Crippen molar-refractivity contribution in [3.8, 4) is 0 Å². The monoisotopic (exact) mass is 307 g/mol. The molecule has 0 unspecified atom stereocenters. The van der Waals surface area contributed by atoms with Crippen LogP contribution in [0.15, 0.2) is 18.2 Å². The zero-order chi connectivity index (χ0) is 13.4. The molecule has 100 valence electrons. The van der Waals surface area contributed by atoms with Crippen molar-refractivity contribution in [1.82, 2.24) is 5.32 Å². The van der Waals surface area contributed by atoms with Crippen LogP contribution in [0.1, 0.15) is 36.0 Å². The van der Waals surface area contributed by atoms with Gasteiger partial charge >= 0.3 is 0 Å². The van der Waals surface area contributed by atoms with Gasteiger partial charge in [0.25, 0.3) is 5.91 Å². The second-order valence-electron chi connectivity index (χ2n) is 3.96. The van der Waals surface area contributed by atoms with Crippen LogP contribution in [-0.2, 0) is 0 Å². The maximum absolute atomic E-state index is 11.8. The maximum Gasteiger partial charge on any atom is 0.252 e. The fourth-order valence-corrected chi connectivity index (χ4v) is 2.12. The number of benzene rings is 1. The van der Waals surface area contributed by atoms with Gasteiger partial charge in [0.05, 0.1) is 15.6 Å². The second-order valence-corrected chi connectivity index (χ2v) is 5.12. The SMILES string of the molecule is O=C(NCCCCCCCl)c1cccc(Cl)c1Cl. The zero-order valence-electron chi connectivity index (χ0n) is 10.0. The van der Waals surface area contributed by atoms with E-state index in [2.05, 4.69) is 5.32 Å². The van der Waals surface area contributed by atoms with Gasteiger partial charge in [-0.05, 0) is 25.0 Å². The predicted molar refractivity (Wildman–Crippen MR) is 78.0 cm³/mol. The van der Waals surface area contributed by atoms with E-state index in [1.165, 1.54) is 0 Å². The third-order valence-electron chi connectivity index (χ3n) is 2.54. The largest absolute Gasteiger partial charge is 0.352 e. The lowest BCUT2D eigenvalue weighted by Crippen LogP contribution is -2.24. The molecular weight excluding hydrogens is 293 g/mol. The molecule has 0 saturated heterocycles. The summed E-state index contributed by atoms with van der Waals surface area (Å²) in [4.78, 5) is 11.8. The van der Waals surface area contributed by atoms with E-state index in [9.17, 15) is 4.79 Å². The minimum absolute atomic E-state index is 0.181. The van der Waals surface area contributed by atoms with E-state index < -0.39 is 0 Å². The Balaban J connectivity index is 2.35. The number of rotatable bonds is 7. The highest BCUT2D eigenvalue weighted by Gasteiger charge is 2.11. The molecule has 2 nitrogen and oxygen atoms in total. The van der Waals surface area contributed by atoms with Gasteiger partial charge in [0, 0.05) is 12.4 Å². The van der Waals surface area contributed by atoms with Crippen LogP contribution in [0.4, 0.5) is 0 Å².